The summed E-state index contributed by atoms with van der Waals surface area (Å²) in [5.41, 5.74) is 1.74. The summed E-state index contributed by atoms with van der Waals surface area (Å²) in [6.45, 7) is -1.69. The molecule has 3 fully saturated rings. The lowest BCUT2D eigenvalue weighted by atomic mass is 9.78. The summed E-state index contributed by atoms with van der Waals surface area (Å²) in [5, 5.41) is 82.5. The summed E-state index contributed by atoms with van der Waals surface area (Å²) in [7, 11) is 0. The van der Waals surface area contributed by atoms with Crippen LogP contribution in [0.2, 0.25) is 0 Å². The normalized spacial score (nSPS) is 33.7. The van der Waals surface area contributed by atoms with E-state index >= 15 is 0 Å². The minimum absolute atomic E-state index is 0.206. The predicted molar refractivity (Wildman–Crippen MR) is 179 cm³/mol. The van der Waals surface area contributed by atoms with Crippen LogP contribution in [0, 0.1) is 17.6 Å². The number of hydrogen-bond donors (Lipinski definition) is 8. The van der Waals surface area contributed by atoms with E-state index < -0.39 is 104 Å². The van der Waals surface area contributed by atoms with E-state index in [2.05, 4.69) is 0 Å². The molecule has 3 aromatic carbocycles. The number of anilines is 1. The molecule has 14 nitrogen and oxygen atoms in total. The molecule has 0 unspecified atom stereocenters. The fourth-order valence-corrected chi connectivity index (χ4v) is 7.03. The van der Waals surface area contributed by atoms with E-state index in [-0.39, 0.29) is 18.9 Å². The number of rotatable bonds is 13. The maximum atomic E-state index is 13.7. The molecular formula is C37H43F2NO13. The standard InChI is InChI=1S/C37H43F2NO13/c38-20-5-1-18(2-6-20)25(43)14-13-24-29(40(36(24)49)22-9-7-21(39)8-10-22)19-3-11-23(12-4-19)50-17-28-31(45)33(47)35(27(16-42)51-28)53-37-34(48)32(46)30(44)26(15-41)52-37/h1-12,24-35,37,41-48H,13-17H2/t24-,25+,26-,27-,28+,29-,30-,31+,32-,33+,34-,35-,37+/m1/s1. The summed E-state index contributed by atoms with van der Waals surface area (Å²) in [4.78, 5) is 15.0. The molecule has 3 aromatic rings. The molecule has 0 spiro atoms. The SMILES string of the molecule is O=C1[C@H](CC[C@H](O)c2ccc(F)cc2)[C@@H](c2ccc(OC[C@@H]3O[C@H](CO)[C@@H](O[C@@H]4O[C@H](CO)[C@@H](O)[C@@H](O)[C@H]4O)[C@@H](O)[C@H]3O)cc2)N1c1ccc(F)cc1. The molecule has 3 aliphatic rings. The van der Waals surface area contributed by atoms with E-state index in [4.69, 9.17) is 18.9 Å². The lowest BCUT2D eigenvalue weighted by molar-refractivity contribution is -0.342. The van der Waals surface area contributed by atoms with Gasteiger partial charge in [0.15, 0.2) is 6.29 Å². The molecule has 53 heavy (non-hydrogen) atoms. The van der Waals surface area contributed by atoms with Crippen LogP contribution in [0.4, 0.5) is 14.5 Å². The van der Waals surface area contributed by atoms with Gasteiger partial charge in [-0.3, -0.25) is 4.79 Å². The average Bonchev–Trinajstić information content (AvgIpc) is 3.16. The largest absolute Gasteiger partial charge is 0.491 e. The third-order valence-electron chi connectivity index (χ3n) is 10.1. The molecule has 0 radical (unpaired) electrons. The molecule has 0 bridgehead atoms. The molecule has 16 heteroatoms. The van der Waals surface area contributed by atoms with Crippen molar-refractivity contribution in [2.75, 3.05) is 24.7 Å². The smallest absolute Gasteiger partial charge is 0.233 e. The van der Waals surface area contributed by atoms with Gasteiger partial charge in [0.2, 0.25) is 5.91 Å². The van der Waals surface area contributed by atoms with Gasteiger partial charge in [0.1, 0.15) is 78.9 Å². The third-order valence-corrected chi connectivity index (χ3v) is 10.1. The molecule has 3 aliphatic heterocycles. The lowest BCUT2D eigenvalue weighted by Gasteiger charge is -2.48. The molecule has 288 valence electrons. The highest BCUT2D eigenvalue weighted by molar-refractivity contribution is 6.03. The Morgan fingerprint density at radius 3 is 1.94 bits per heavy atom. The molecule has 6 rings (SSSR count). The minimum atomic E-state index is -1.79. The molecule has 8 N–H and O–H groups in total. The lowest BCUT2D eigenvalue weighted by Crippen LogP contribution is -2.65. The molecular weight excluding hydrogens is 704 g/mol. The van der Waals surface area contributed by atoms with Crippen molar-refractivity contribution < 1.29 is 73.4 Å². The Labute approximate surface area is 303 Å². The number of nitrogens with zero attached hydrogens (tertiary/aromatic N) is 1. The van der Waals surface area contributed by atoms with Gasteiger partial charge in [-0.25, -0.2) is 8.78 Å². The van der Waals surface area contributed by atoms with Crippen molar-refractivity contribution in [1.82, 2.24) is 0 Å². The van der Waals surface area contributed by atoms with Gasteiger partial charge >= 0.3 is 0 Å². The number of carbonyl (C=O) groups is 1. The van der Waals surface area contributed by atoms with Crippen LogP contribution >= 0.6 is 0 Å². The highest BCUT2D eigenvalue weighted by atomic mass is 19.1. The number of halogens is 2. The monoisotopic (exact) mass is 747 g/mol. The van der Waals surface area contributed by atoms with Crippen LogP contribution in [-0.2, 0) is 19.0 Å². The second-order valence-electron chi connectivity index (χ2n) is 13.4. The highest BCUT2D eigenvalue weighted by Gasteiger charge is 2.51. The van der Waals surface area contributed by atoms with Crippen LogP contribution in [0.3, 0.4) is 0 Å². The first-order chi connectivity index (χ1) is 25.4. The fourth-order valence-electron chi connectivity index (χ4n) is 7.03. The highest BCUT2D eigenvalue weighted by Crippen LogP contribution is 2.46. The molecule has 0 saturated carbocycles. The van der Waals surface area contributed by atoms with E-state index in [0.29, 0.717) is 23.4 Å². The van der Waals surface area contributed by atoms with Gasteiger partial charge in [0, 0.05) is 5.69 Å². The van der Waals surface area contributed by atoms with Gasteiger partial charge in [-0.05, 0) is 72.5 Å². The van der Waals surface area contributed by atoms with E-state index in [1.807, 2.05) is 0 Å². The second kappa shape index (κ2) is 16.8. The van der Waals surface area contributed by atoms with Crippen molar-refractivity contribution in [2.24, 2.45) is 5.92 Å². The van der Waals surface area contributed by atoms with Crippen molar-refractivity contribution in [2.45, 2.75) is 86.2 Å². The molecule has 3 saturated heterocycles. The van der Waals surface area contributed by atoms with E-state index in [0.717, 1.165) is 5.56 Å². The predicted octanol–water partition coefficient (Wildman–Crippen LogP) is 0.228. The summed E-state index contributed by atoms with van der Waals surface area (Å²) < 4.78 is 49.7. The van der Waals surface area contributed by atoms with Gasteiger partial charge in [-0.15, -0.1) is 0 Å². The van der Waals surface area contributed by atoms with Crippen molar-refractivity contribution in [3.8, 4) is 5.75 Å². The maximum absolute atomic E-state index is 13.7. The average molecular weight is 748 g/mol. The van der Waals surface area contributed by atoms with Crippen molar-refractivity contribution in [3.63, 3.8) is 0 Å². The van der Waals surface area contributed by atoms with Crippen molar-refractivity contribution >= 4 is 11.6 Å². The Morgan fingerprint density at radius 2 is 1.32 bits per heavy atom. The van der Waals surface area contributed by atoms with Crippen LogP contribution < -0.4 is 9.64 Å². The topological polar surface area (TPSA) is 219 Å². The zero-order valence-corrected chi connectivity index (χ0v) is 28.3. The van der Waals surface area contributed by atoms with Crippen LogP contribution in [-0.4, -0.2) is 128 Å². The number of aliphatic hydroxyl groups is 8. The van der Waals surface area contributed by atoms with Crippen LogP contribution in [0.15, 0.2) is 72.8 Å². The van der Waals surface area contributed by atoms with Gasteiger partial charge in [0.05, 0.1) is 31.3 Å². The molecule has 13 atom stereocenters. The van der Waals surface area contributed by atoms with Gasteiger partial charge in [0.25, 0.3) is 0 Å². The summed E-state index contributed by atoms with van der Waals surface area (Å²) in [5.74, 6) is -1.28. The Bertz CT molecular complexity index is 1650. The molecule has 1 amide bonds. The number of benzene rings is 3. The van der Waals surface area contributed by atoms with Crippen LogP contribution in [0.5, 0.6) is 5.75 Å². The quantitative estimate of drug-likeness (QED) is 0.110. The van der Waals surface area contributed by atoms with Crippen molar-refractivity contribution in [1.29, 1.82) is 0 Å². The number of aliphatic hydroxyl groups excluding tert-OH is 8. The minimum Gasteiger partial charge on any atom is -0.491 e. The second-order valence-corrected chi connectivity index (χ2v) is 13.4. The first-order valence-corrected chi connectivity index (χ1v) is 17.2. The third kappa shape index (κ3) is 8.23. The maximum Gasteiger partial charge on any atom is 0.233 e. The molecule has 0 aromatic heterocycles. The van der Waals surface area contributed by atoms with Crippen molar-refractivity contribution in [3.05, 3.63) is 95.6 Å². The zero-order chi connectivity index (χ0) is 38.0. The van der Waals surface area contributed by atoms with Crippen LogP contribution in [0.1, 0.15) is 36.1 Å². The number of β-lactam (4-membered cyclic amide) rings is 1. The first-order valence-electron chi connectivity index (χ1n) is 17.2. The number of carbonyl (C=O) groups excluding carboxylic acids is 1. The van der Waals surface area contributed by atoms with Crippen LogP contribution in [0.25, 0.3) is 0 Å². The summed E-state index contributed by atoms with van der Waals surface area (Å²) >= 11 is 0. The zero-order valence-electron chi connectivity index (χ0n) is 28.3. The number of hydrogen-bond acceptors (Lipinski definition) is 13. The van der Waals surface area contributed by atoms with E-state index in [1.54, 1.807) is 29.2 Å². The van der Waals surface area contributed by atoms with Gasteiger partial charge < -0.3 is 64.7 Å². The first kappa shape index (κ1) is 39.1. The number of ether oxygens (including phenoxy) is 4. The van der Waals surface area contributed by atoms with Gasteiger partial charge in [-0.1, -0.05) is 24.3 Å². The van der Waals surface area contributed by atoms with E-state index in [9.17, 15) is 54.4 Å². The molecule has 3 heterocycles. The fraction of sp³-hybridized carbons (Fsp3) is 0.486. The Morgan fingerprint density at radius 1 is 0.717 bits per heavy atom. The molecule has 0 aliphatic carbocycles. The number of amides is 1. The van der Waals surface area contributed by atoms with E-state index in [1.165, 1.54) is 48.5 Å². The Kier molecular flexibility index (Phi) is 12.4. The Balaban J connectivity index is 1.10. The summed E-state index contributed by atoms with van der Waals surface area (Å²) in [6.07, 6.45) is -15.6. The van der Waals surface area contributed by atoms with Gasteiger partial charge in [-0.2, -0.15) is 0 Å². The Hall–Kier alpha value is -3.65. The summed E-state index contributed by atoms with van der Waals surface area (Å²) in [6, 6.07) is 17.3.